The van der Waals surface area contributed by atoms with E-state index in [1.165, 1.54) is 70.6 Å². The van der Waals surface area contributed by atoms with Crippen molar-refractivity contribution < 1.29 is 58.6 Å². The minimum atomic E-state index is -4.48. The summed E-state index contributed by atoms with van der Waals surface area (Å²) in [5, 5.41) is 10.1. The van der Waals surface area contributed by atoms with Gasteiger partial charge in [0.1, 0.15) is 0 Å². The quantitative estimate of drug-likeness (QED) is 0.120. The fraction of sp³-hybridized carbons (Fsp3) is 1.00. The van der Waals surface area contributed by atoms with Gasteiger partial charge in [-0.25, -0.2) is 9.45 Å². The molecule has 0 rings (SSSR count). The first kappa shape index (κ1) is 33.7. The molecule has 6 nitrogen and oxygen atoms in total. The predicted octanol–water partition coefficient (Wildman–Crippen LogP) is 2.66. The summed E-state index contributed by atoms with van der Waals surface area (Å²) in [5.74, 6) is 0. The van der Waals surface area contributed by atoms with Crippen LogP contribution in [0.5, 0.6) is 0 Å². The van der Waals surface area contributed by atoms with E-state index in [2.05, 4.69) is 16.5 Å². The minimum Gasteiger partial charge on any atom is -0.850 e. The molecule has 0 heterocycles. The van der Waals surface area contributed by atoms with Gasteiger partial charge in [-0.3, -0.25) is 0 Å². The summed E-state index contributed by atoms with van der Waals surface area (Å²) in [6.45, 7) is 7.39. The van der Waals surface area contributed by atoms with Crippen LogP contribution in [0.3, 0.4) is 0 Å². The molecule has 8 heteroatoms. The molecule has 0 aliphatic rings. The average Bonchev–Trinajstić information content (AvgIpc) is 2.52. The topological polar surface area (TPSA) is 99.0 Å². The van der Waals surface area contributed by atoms with E-state index in [0.717, 1.165) is 19.3 Å². The SMILES string of the molecule is CC(C)(C)[O-].CCCCCCCCCCCCCCCCOOP(=O)(O)O.[Na+]. The molecule has 0 aromatic carbocycles. The van der Waals surface area contributed by atoms with Crippen LogP contribution in [0.4, 0.5) is 0 Å². The standard InChI is InChI=1S/C16H35O5P.C4H9O.Na/c1-2-3-4-5-6-7-8-9-10-11-12-13-14-15-16-20-21-22(17,18)19;1-4(2,3)5;/h2-16H2,1H3,(H2,17,18,19);1-3H3;/q;-1;+1. The number of hydrogen-bond donors (Lipinski definition) is 2. The van der Waals surface area contributed by atoms with Crippen molar-refractivity contribution in [2.24, 2.45) is 0 Å². The van der Waals surface area contributed by atoms with Crippen LogP contribution in [0.2, 0.25) is 0 Å². The molecule has 166 valence electrons. The summed E-state index contributed by atoms with van der Waals surface area (Å²) in [7, 11) is -4.48. The zero-order valence-corrected chi connectivity index (χ0v) is 22.0. The molecule has 0 bridgehead atoms. The van der Waals surface area contributed by atoms with Gasteiger partial charge in [-0.2, -0.15) is 0 Å². The van der Waals surface area contributed by atoms with E-state index in [9.17, 15) is 9.67 Å². The maximum absolute atomic E-state index is 10.3. The van der Waals surface area contributed by atoms with Crippen LogP contribution in [0.1, 0.15) is 118 Å². The van der Waals surface area contributed by atoms with Crippen molar-refractivity contribution in [3.05, 3.63) is 0 Å². The maximum atomic E-state index is 10.3. The Morgan fingerprint density at radius 1 is 0.750 bits per heavy atom. The van der Waals surface area contributed by atoms with Crippen molar-refractivity contribution >= 4 is 7.82 Å². The summed E-state index contributed by atoms with van der Waals surface area (Å²) < 4.78 is 14.2. The molecule has 0 saturated carbocycles. The van der Waals surface area contributed by atoms with Crippen LogP contribution >= 0.6 is 7.82 Å². The van der Waals surface area contributed by atoms with Crippen molar-refractivity contribution in [3.63, 3.8) is 0 Å². The monoisotopic (exact) mass is 434 g/mol. The van der Waals surface area contributed by atoms with E-state index >= 15 is 0 Å². The van der Waals surface area contributed by atoms with Crippen LogP contribution in [-0.4, -0.2) is 22.0 Å². The second-order valence-corrected chi connectivity index (χ2v) is 9.23. The molecular formula is C20H44NaO6P. The summed E-state index contributed by atoms with van der Waals surface area (Å²) in [5.41, 5.74) is -0.750. The molecule has 0 aromatic rings. The van der Waals surface area contributed by atoms with Gasteiger partial charge in [-0.15, -0.1) is 10.3 Å². The van der Waals surface area contributed by atoms with Crippen LogP contribution in [0, 0.1) is 0 Å². The van der Waals surface area contributed by atoms with Crippen molar-refractivity contribution in [1.82, 2.24) is 0 Å². The molecular weight excluding hydrogens is 390 g/mol. The van der Waals surface area contributed by atoms with E-state index in [0.29, 0.717) is 0 Å². The van der Waals surface area contributed by atoms with Gasteiger partial charge in [0.05, 0.1) is 6.61 Å². The summed E-state index contributed by atoms with van der Waals surface area (Å²) in [6.07, 6.45) is 17.8. The Kier molecular flexibility index (Phi) is 27.3. The number of unbranched alkanes of at least 4 members (excludes halogenated alkanes) is 13. The molecule has 0 saturated heterocycles. The Bertz CT molecular complexity index is 338. The zero-order valence-electron chi connectivity index (χ0n) is 19.1. The Morgan fingerprint density at radius 2 is 1.04 bits per heavy atom. The van der Waals surface area contributed by atoms with Gasteiger partial charge < -0.3 is 14.9 Å². The van der Waals surface area contributed by atoms with E-state index in [1.54, 1.807) is 20.8 Å². The number of hydrogen-bond acceptors (Lipinski definition) is 4. The van der Waals surface area contributed by atoms with E-state index in [4.69, 9.17) is 9.79 Å². The van der Waals surface area contributed by atoms with Gasteiger partial charge in [0.15, 0.2) is 0 Å². The van der Waals surface area contributed by atoms with Crippen molar-refractivity contribution in [1.29, 1.82) is 0 Å². The Labute approximate surface area is 195 Å². The van der Waals surface area contributed by atoms with Crippen LogP contribution in [-0.2, 0) is 14.1 Å². The Hall–Kier alpha value is 1.03. The molecule has 0 aliphatic heterocycles. The number of phosphoric acid groups is 1. The van der Waals surface area contributed by atoms with Gasteiger partial charge >= 0.3 is 37.4 Å². The van der Waals surface area contributed by atoms with E-state index < -0.39 is 13.4 Å². The van der Waals surface area contributed by atoms with Crippen LogP contribution in [0.25, 0.3) is 0 Å². The fourth-order valence-electron chi connectivity index (χ4n) is 2.46. The molecule has 2 N–H and O–H groups in total. The molecule has 0 radical (unpaired) electrons. The second kappa shape index (κ2) is 22.7. The van der Waals surface area contributed by atoms with Gasteiger partial charge in [-0.05, 0) is 6.42 Å². The largest absolute Gasteiger partial charge is 1.00 e. The first-order chi connectivity index (χ1) is 12.6. The summed E-state index contributed by atoms with van der Waals surface area (Å²) in [6, 6.07) is 0. The van der Waals surface area contributed by atoms with Crippen molar-refractivity contribution in [2.45, 2.75) is 123 Å². The summed E-state index contributed by atoms with van der Waals surface area (Å²) in [4.78, 5) is 21.2. The van der Waals surface area contributed by atoms with E-state index in [-0.39, 0.29) is 36.2 Å². The van der Waals surface area contributed by atoms with Crippen LogP contribution in [0.15, 0.2) is 0 Å². The summed E-state index contributed by atoms with van der Waals surface area (Å²) >= 11 is 0. The van der Waals surface area contributed by atoms with Gasteiger partial charge in [0, 0.05) is 0 Å². The van der Waals surface area contributed by atoms with Crippen molar-refractivity contribution in [3.8, 4) is 0 Å². The predicted molar refractivity (Wildman–Crippen MR) is 109 cm³/mol. The third kappa shape index (κ3) is 45.6. The second-order valence-electron chi connectivity index (χ2n) is 8.10. The first-order valence-electron chi connectivity index (χ1n) is 10.6. The normalized spacial score (nSPS) is 11.5. The first-order valence-corrected chi connectivity index (χ1v) is 12.2. The molecule has 0 unspecified atom stereocenters. The van der Waals surface area contributed by atoms with Crippen LogP contribution < -0.4 is 34.7 Å². The molecule has 0 aliphatic carbocycles. The van der Waals surface area contributed by atoms with Gasteiger partial charge in [0.25, 0.3) is 0 Å². The van der Waals surface area contributed by atoms with Gasteiger partial charge in [-0.1, -0.05) is 111 Å². The smallest absolute Gasteiger partial charge is 0.850 e. The third-order valence-corrected chi connectivity index (χ3v) is 4.03. The minimum absolute atomic E-state index is 0. The Balaban J connectivity index is -0.000000918. The van der Waals surface area contributed by atoms with Crippen molar-refractivity contribution in [2.75, 3.05) is 6.61 Å². The molecule has 0 atom stereocenters. The number of rotatable bonds is 17. The average molecular weight is 435 g/mol. The molecule has 0 aromatic heterocycles. The van der Waals surface area contributed by atoms with Gasteiger partial charge in [0.2, 0.25) is 0 Å². The molecule has 28 heavy (non-hydrogen) atoms. The Morgan fingerprint density at radius 3 is 1.32 bits per heavy atom. The fourth-order valence-corrected chi connectivity index (χ4v) is 2.67. The van der Waals surface area contributed by atoms with E-state index in [1.807, 2.05) is 0 Å². The maximum Gasteiger partial charge on any atom is 1.00 e. The zero-order chi connectivity index (χ0) is 21.0. The molecule has 0 amide bonds. The molecule has 0 spiro atoms. The third-order valence-electron chi connectivity index (χ3n) is 3.73. The molecule has 0 fully saturated rings.